The predicted octanol–water partition coefficient (Wildman–Crippen LogP) is 2.24. The van der Waals surface area contributed by atoms with E-state index in [4.69, 9.17) is 0 Å². The molecule has 1 N–H and O–H groups in total. The minimum Gasteiger partial charge on any atom is -0.352 e. The average Bonchev–Trinajstić information content (AvgIpc) is 2.59. The van der Waals surface area contributed by atoms with Crippen molar-refractivity contribution in [2.45, 2.75) is 34.1 Å². The number of carbonyl (C=O) groups is 1. The lowest BCUT2D eigenvalue weighted by Crippen LogP contribution is -2.40. The van der Waals surface area contributed by atoms with Gasteiger partial charge in [0.1, 0.15) is 0 Å². The summed E-state index contributed by atoms with van der Waals surface area (Å²) in [6.07, 6.45) is 0.889. The molecular weight excluding hydrogens is 226 g/mol. The molecule has 18 heavy (non-hydrogen) atoms. The van der Waals surface area contributed by atoms with Gasteiger partial charge in [-0.2, -0.15) is 0 Å². The summed E-state index contributed by atoms with van der Waals surface area (Å²) in [7, 11) is 2.07. The highest BCUT2D eigenvalue weighted by molar-refractivity contribution is 5.74. The minimum absolute atomic E-state index is 0.0327. The van der Waals surface area contributed by atoms with Crippen molar-refractivity contribution >= 4 is 6.03 Å². The Morgan fingerprint density at radius 3 is 2.39 bits per heavy atom. The fourth-order valence-corrected chi connectivity index (χ4v) is 2.11. The molecule has 0 fully saturated rings. The topological polar surface area (TPSA) is 37.3 Å². The summed E-state index contributed by atoms with van der Waals surface area (Å²) < 4.78 is 2.18. The molecule has 0 aromatic carbocycles. The lowest BCUT2D eigenvalue weighted by Gasteiger charge is -2.19. The van der Waals surface area contributed by atoms with Crippen molar-refractivity contribution < 1.29 is 4.79 Å². The molecule has 1 aromatic rings. The van der Waals surface area contributed by atoms with Crippen LogP contribution in [-0.4, -0.2) is 35.1 Å². The summed E-state index contributed by atoms with van der Waals surface area (Å²) in [5.74, 6) is 0. The zero-order chi connectivity index (χ0) is 13.7. The number of amides is 2. The lowest BCUT2D eigenvalue weighted by atomic mass is 10.2. The van der Waals surface area contributed by atoms with Crippen LogP contribution in [0.2, 0.25) is 0 Å². The predicted molar refractivity (Wildman–Crippen MR) is 74.9 cm³/mol. The van der Waals surface area contributed by atoms with Gasteiger partial charge in [-0.1, -0.05) is 0 Å². The van der Waals surface area contributed by atoms with E-state index >= 15 is 0 Å². The Kier molecular flexibility index (Phi) is 5.25. The smallest absolute Gasteiger partial charge is 0.317 e. The molecule has 0 saturated carbocycles. The van der Waals surface area contributed by atoms with Crippen LogP contribution in [0.15, 0.2) is 6.07 Å². The van der Waals surface area contributed by atoms with E-state index in [0.717, 1.165) is 19.5 Å². The molecule has 0 aliphatic carbocycles. The third kappa shape index (κ3) is 3.28. The number of nitrogens with zero attached hydrogens (tertiary/aromatic N) is 2. The van der Waals surface area contributed by atoms with Crippen LogP contribution in [0.3, 0.4) is 0 Å². The number of urea groups is 1. The van der Waals surface area contributed by atoms with Gasteiger partial charge in [0.2, 0.25) is 0 Å². The SMILES string of the molecule is CCN(CC)C(=O)NCCc1cc(C)n(C)c1C. The van der Waals surface area contributed by atoms with Gasteiger partial charge < -0.3 is 14.8 Å². The quantitative estimate of drug-likeness (QED) is 0.856. The third-order valence-electron chi connectivity index (χ3n) is 3.60. The fourth-order valence-electron chi connectivity index (χ4n) is 2.11. The van der Waals surface area contributed by atoms with Crippen molar-refractivity contribution in [1.82, 2.24) is 14.8 Å². The third-order valence-corrected chi connectivity index (χ3v) is 3.60. The molecule has 0 atom stereocenters. The van der Waals surface area contributed by atoms with Crippen LogP contribution in [0, 0.1) is 13.8 Å². The van der Waals surface area contributed by atoms with Gasteiger partial charge in [-0.15, -0.1) is 0 Å². The monoisotopic (exact) mass is 251 g/mol. The zero-order valence-corrected chi connectivity index (χ0v) is 12.2. The Morgan fingerprint density at radius 1 is 1.33 bits per heavy atom. The van der Waals surface area contributed by atoms with Gasteiger partial charge in [0, 0.05) is 38.1 Å². The van der Waals surface area contributed by atoms with E-state index in [1.54, 1.807) is 4.90 Å². The molecular formula is C14H25N3O. The maximum atomic E-state index is 11.8. The molecule has 0 aliphatic heterocycles. The van der Waals surface area contributed by atoms with Crippen LogP contribution in [0.25, 0.3) is 0 Å². The molecule has 1 heterocycles. The molecule has 0 bridgehead atoms. The second-order valence-corrected chi connectivity index (χ2v) is 4.61. The average molecular weight is 251 g/mol. The van der Waals surface area contributed by atoms with Crippen LogP contribution < -0.4 is 5.32 Å². The van der Waals surface area contributed by atoms with E-state index in [9.17, 15) is 4.79 Å². The van der Waals surface area contributed by atoms with Gasteiger partial charge in [0.05, 0.1) is 0 Å². The first-order valence-corrected chi connectivity index (χ1v) is 6.65. The van der Waals surface area contributed by atoms with Crippen molar-refractivity contribution in [3.8, 4) is 0 Å². The molecule has 1 rings (SSSR count). The van der Waals surface area contributed by atoms with Crippen molar-refractivity contribution in [2.24, 2.45) is 7.05 Å². The van der Waals surface area contributed by atoms with E-state index in [1.807, 2.05) is 13.8 Å². The molecule has 0 saturated heterocycles. The molecule has 0 radical (unpaired) electrons. The molecule has 0 unspecified atom stereocenters. The number of hydrogen-bond donors (Lipinski definition) is 1. The maximum Gasteiger partial charge on any atom is 0.317 e. The Hall–Kier alpha value is -1.45. The Labute approximate surface area is 110 Å². The Morgan fingerprint density at radius 2 is 1.94 bits per heavy atom. The Bertz CT molecular complexity index is 405. The second-order valence-electron chi connectivity index (χ2n) is 4.61. The van der Waals surface area contributed by atoms with E-state index in [1.165, 1.54) is 17.0 Å². The van der Waals surface area contributed by atoms with Crippen molar-refractivity contribution in [3.05, 3.63) is 23.0 Å². The van der Waals surface area contributed by atoms with E-state index in [2.05, 4.69) is 36.8 Å². The second kappa shape index (κ2) is 6.47. The highest BCUT2D eigenvalue weighted by Crippen LogP contribution is 2.13. The van der Waals surface area contributed by atoms with E-state index in [0.29, 0.717) is 6.54 Å². The fraction of sp³-hybridized carbons (Fsp3) is 0.643. The zero-order valence-electron chi connectivity index (χ0n) is 12.2. The van der Waals surface area contributed by atoms with Crippen molar-refractivity contribution in [2.75, 3.05) is 19.6 Å². The van der Waals surface area contributed by atoms with Gasteiger partial charge in [-0.25, -0.2) is 4.79 Å². The summed E-state index contributed by atoms with van der Waals surface area (Å²) in [5, 5.41) is 2.97. The molecule has 0 spiro atoms. The van der Waals surface area contributed by atoms with Crippen LogP contribution >= 0.6 is 0 Å². The normalized spacial score (nSPS) is 10.5. The number of aryl methyl sites for hydroxylation is 1. The lowest BCUT2D eigenvalue weighted by molar-refractivity contribution is 0.203. The van der Waals surface area contributed by atoms with Crippen LogP contribution in [0.5, 0.6) is 0 Å². The van der Waals surface area contributed by atoms with E-state index in [-0.39, 0.29) is 6.03 Å². The summed E-state index contributed by atoms with van der Waals surface area (Å²) in [6, 6.07) is 2.23. The summed E-state index contributed by atoms with van der Waals surface area (Å²) in [5.41, 5.74) is 3.86. The van der Waals surface area contributed by atoms with Crippen molar-refractivity contribution in [1.29, 1.82) is 0 Å². The first-order valence-electron chi connectivity index (χ1n) is 6.65. The van der Waals surface area contributed by atoms with Gasteiger partial charge in [-0.05, 0) is 45.7 Å². The summed E-state index contributed by atoms with van der Waals surface area (Å²) in [4.78, 5) is 13.6. The number of rotatable bonds is 5. The highest BCUT2D eigenvalue weighted by atomic mass is 16.2. The molecule has 102 valence electrons. The molecule has 2 amide bonds. The van der Waals surface area contributed by atoms with Gasteiger partial charge in [-0.3, -0.25) is 0 Å². The summed E-state index contributed by atoms with van der Waals surface area (Å²) >= 11 is 0. The number of carbonyl (C=O) groups excluding carboxylic acids is 1. The Balaban J connectivity index is 2.47. The molecule has 4 heteroatoms. The minimum atomic E-state index is 0.0327. The van der Waals surface area contributed by atoms with Crippen molar-refractivity contribution in [3.63, 3.8) is 0 Å². The first-order chi connectivity index (χ1) is 8.51. The molecule has 0 aliphatic rings. The highest BCUT2D eigenvalue weighted by Gasteiger charge is 2.09. The van der Waals surface area contributed by atoms with Gasteiger partial charge in [0.15, 0.2) is 0 Å². The van der Waals surface area contributed by atoms with Crippen LogP contribution in [0.1, 0.15) is 30.8 Å². The van der Waals surface area contributed by atoms with Crippen LogP contribution in [0.4, 0.5) is 4.79 Å². The molecule has 1 aromatic heterocycles. The van der Waals surface area contributed by atoms with Gasteiger partial charge in [0.25, 0.3) is 0 Å². The standard InChI is InChI=1S/C14H25N3O/c1-6-17(7-2)14(18)15-9-8-13-10-11(3)16(5)12(13)4/h10H,6-9H2,1-5H3,(H,15,18). The number of hydrogen-bond acceptors (Lipinski definition) is 1. The first kappa shape index (κ1) is 14.6. The van der Waals surface area contributed by atoms with Gasteiger partial charge >= 0.3 is 6.03 Å². The van der Waals surface area contributed by atoms with Crippen LogP contribution in [-0.2, 0) is 13.5 Å². The van der Waals surface area contributed by atoms with E-state index < -0.39 is 0 Å². The molecule has 4 nitrogen and oxygen atoms in total. The number of aromatic nitrogens is 1. The summed E-state index contributed by atoms with van der Waals surface area (Å²) in [6.45, 7) is 10.4. The number of nitrogens with one attached hydrogen (secondary N) is 1. The largest absolute Gasteiger partial charge is 0.352 e. The maximum absolute atomic E-state index is 11.8.